The Balaban J connectivity index is 2.23. The van der Waals surface area contributed by atoms with E-state index in [1.807, 2.05) is 11.8 Å². The van der Waals surface area contributed by atoms with E-state index in [0.717, 1.165) is 12.6 Å². The van der Waals surface area contributed by atoms with Gasteiger partial charge in [-0.05, 0) is 19.1 Å². The van der Waals surface area contributed by atoms with Gasteiger partial charge < -0.3 is 10.2 Å². The molecule has 18 heavy (non-hydrogen) atoms. The maximum atomic E-state index is 12.5. The van der Waals surface area contributed by atoms with Crippen molar-refractivity contribution in [3.8, 4) is 0 Å². The number of nitrogens with zero attached hydrogens (tertiary/aromatic N) is 2. The molecule has 7 heteroatoms. The lowest BCUT2D eigenvalue weighted by molar-refractivity contribution is -0.137. The van der Waals surface area contributed by atoms with E-state index in [0.29, 0.717) is 18.9 Å². The normalized spacial score (nSPS) is 21.2. The molecular weight excluding hydrogens is 267 g/mol. The van der Waals surface area contributed by atoms with Crippen molar-refractivity contribution < 1.29 is 13.2 Å². The van der Waals surface area contributed by atoms with Crippen molar-refractivity contribution in [1.29, 1.82) is 0 Å². The topological polar surface area (TPSA) is 28.2 Å². The van der Waals surface area contributed by atoms with Crippen LogP contribution in [0.1, 0.15) is 12.5 Å². The number of pyridine rings is 1. The average Bonchev–Trinajstić information content (AvgIpc) is 2.27. The summed E-state index contributed by atoms with van der Waals surface area (Å²) in [6.07, 6.45) is -4.46. The first-order valence-electron chi connectivity index (χ1n) is 5.60. The van der Waals surface area contributed by atoms with E-state index in [1.165, 1.54) is 6.07 Å². The van der Waals surface area contributed by atoms with E-state index in [2.05, 4.69) is 10.3 Å². The van der Waals surface area contributed by atoms with Crippen LogP contribution in [0.3, 0.4) is 0 Å². The molecule has 0 amide bonds. The summed E-state index contributed by atoms with van der Waals surface area (Å²) in [7, 11) is 0. The Bertz CT molecular complexity index is 436. The Morgan fingerprint density at radius 3 is 2.72 bits per heavy atom. The highest BCUT2D eigenvalue weighted by Gasteiger charge is 2.34. The SMILES string of the molecule is C[C@H]1CN(c2ccc(C(F)(F)F)c(Cl)n2)CCN1. The van der Waals surface area contributed by atoms with Crippen LogP contribution in [0, 0.1) is 0 Å². The van der Waals surface area contributed by atoms with Crippen LogP contribution in [-0.2, 0) is 6.18 Å². The summed E-state index contributed by atoms with van der Waals surface area (Å²) in [5, 5.41) is 2.76. The second-order valence-corrected chi connectivity index (χ2v) is 4.66. The van der Waals surface area contributed by atoms with Crippen LogP contribution in [0.25, 0.3) is 0 Å². The van der Waals surface area contributed by atoms with Gasteiger partial charge in [-0.25, -0.2) is 4.98 Å². The van der Waals surface area contributed by atoms with Crippen LogP contribution >= 0.6 is 11.6 Å². The second-order valence-electron chi connectivity index (χ2n) is 4.31. The Morgan fingerprint density at radius 1 is 1.44 bits per heavy atom. The van der Waals surface area contributed by atoms with Gasteiger partial charge in [0.05, 0.1) is 5.56 Å². The van der Waals surface area contributed by atoms with Crippen molar-refractivity contribution in [2.24, 2.45) is 0 Å². The number of aromatic nitrogens is 1. The van der Waals surface area contributed by atoms with Crippen molar-refractivity contribution in [3.63, 3.8) is 0 Å². The fourth-order valence-electron chi connectivity index (χ4n) is 1.95. The summed E-state index contributed by atoms with van der Waals surface area (Å²) in [4.78, 5) is 5.77. The minimum atomic E-state index is -4.46. The molecule has 3 nitrogen and oxygen atoms in total. The van der Waals surface area contributed by atoms with Crippen molar-refractivity contribution in [1.82, 2.24) is 10.3 Å². The number of alkyl halides is 3. The largest absolute Gasteiger partial charge is 0.419 e. The van der Waals surface area contributed by atoms with E-state index in [1.54, 1.807) is 0 Å². The van der Waals surface area contributed by atoms with E-state index in [4.69, 9.17) is 11.6 Å². The van der Waals surface area contributed by atoms with Crippen LogP contribution in [-0.4, -0.2) is 30.7 Å². The average molecular weight is 280 g/mol. The van der Waals surface area contributed by atoms with Crippen LogP contribution in [0.4, 0.5) is 19.0 Å². The fraction of sp³-hybridized carbons (Fsp3) is 0.545. The zero-order valence-corrected chi connectivity index (χ0v) is 10.5. The van der Waals surface area contributed by atoms with E-state index < -0.39 is 16.9 Å². The summed E-state index contributed by atoms with van der Waals surface area (Å²) >= 11 is 5.60. The lowest BCUT2D eigenvalue weighted by Gasteiger charge is -2.32. The molecule has 1 aromatic rings. The Labute approximate surface area is 108 Å². The molecule has 0 unspecified atom stereocenters. The first-order valence-corrected chi connectivity index (χ1v) is 5.98. The number of hydrogen-bond donors (Lipinski definition) is 1. The minimum absolute atomic E-state index is 0.279. The van der Waals surface area contributed by atoms with Crippen LogP contribution in [0.5, 0.6) is 0 Å². The molecule has 1 aliphatic heterocycles. The maximum Gasteiger partial charge on any atom is 0.419 e. The number of halogens is 4. The van der Waals surface area contributed by atoms with E-state index in [9.17, 15) is 13.2 Å². The number of piperazine rings is 1. The molecule has 1 saturated heterocycles. The monoisotopic (exact) mass is 279 g/mol. The first kappa shape index (κ1) is 13.4. The molecular formula is C11H13ClF3N3. The molecule has 1 N–H and O–H groups in total. The lowest BCUT2D eigenvalue weighted by atomic mass is 10.2. The number of nitrogens with one attached hydrogen (secondary N) is 1. The van der Waals surface area contributed by atoms with Gasteiger partial charge in [-0.1, -0.05) is 11.6 Å². The number of hydrogen-bond acceptors (Lipinski definition) is 3. The van der Waals surface area contributed by atoms with Crippen molar-refractivity contribution in [2.45, 2.75) is 19.1 Å². The summed E-state index contributed by atoms with van der Waals surface area (Å²) in [5.41, 5.74) is -0.893. The molecule has 0 spiro atoms. The molecule has 0 radical (unpaired) electrons. The maximum absolute atomic E-state index is 12.5. The second kappa shape index (κ2) is 4.93. The molecule has 1 atom stereocenters. The van der Waals surface area contributed by atoms with Gasteiger partial charge in [-0.2, -0.15) is 13.2 Å². The van der Waals surface area contributed by atoms with Gasteiger partial charge in [-0.3, -0.25) is 0 Å². The molecule has 1 fully saturated rings. The van der Waals surface area contributed by atoms with Gasteiger partial charge in [0.1, 0.15) is 11.0 Å². The highest BCUT2D eigenvalue weighted by molar-refractivity contribution is 6.30. The van der Waals surface area contributed by atoms with Gasteiger partial charge in [-0.15, -0.1) is 0 Å². The van der Waals surface area contributed by atoms with Gasteiger partial charge in [0.25, 0.3) is 0 Å². The Hall–Kier alpha value is -1.01. The number of rotatable bonds is 1. The van der Waals surface area contributed by atoms with Crippen LogP contribution in [0.2, 0.25) is 5.15 Å². The molecule has 0 aliphatic carbocycles. The highest BCUT2D eigenvalue weighted by Crippen LogP contribution is 2.34. The lowest BCUT2D eigenvalue weighted by Crippen LogP contribution is -2.49. The zero-order valence-electron chi connectivity index (χ0n) is 9.76. The molecule has 2 heterocycles. The summed E-state index contributed by atoms with van der Waals surface area (Å²) in [6.45, 7) is 4.20. The molecule has 0 aromatic carbocycles. The third kappa shape index (κ3) is 2.87. The third-order valence-electron chi connectivity index (χ3n) is 2.83. The predicted molar refractivity (Wildman–Crippen MR) is 63.9 cm³/mol. The van der Waals surface area contributed by atoms with E-state index >= 15 is 0 Å². The summed E-state index contributed by atoms with van der Waals surface area (Å²) in [5.74, 6) is 0.487. The summed E-state index contributed by atoms with van der Waals surface area (Å²) < 4.78 is 37.6. The molecule has 1 aromatic heterocycles. The van der Waals surface area contributed by atoms with Crippen molar-refractivity contribution in [3.05, 3.63) is 22.8 Å². The quantitative estimate of drug-likeness (QED) is 0.801. The van der Waals surface area contributed by atoms with Gasteiger partial charge in [0.2, 0.25) is 0 Å². The number of anilines is 1. The molecule has 0 saturated carbocycles. The molecule has 2 rings (SSSR count). The highest BCUT2D eigenvalue weighted by atomic mass is 35.5. The van der Waals surface area contributed by atoms with E-state index in [-0.39, 0.29) is 6.04 Å². The van der Waals surface area contributed by atoms with Gasteiger partial charge >= 0.3 is 6.18 Å². The zero-order chi connectivity index (χ0) is 13.3. The predicted octanol–water partition coefficient (Wildman–Crippen LogP) is 2.55. The van der Waals surface area contributed by atoms with Crippen LogP contribution in [0.15, 0.2) is 12.1 Å². The van der Waals surface area contributed by atoms with Crippen LogP contribution < -0.4 is 10.2 Å². The third-order valence-corrected chi connectivity index (χ3v) is 3.12. The minimum Gasteiger partial charge on any atom is -0.354 e. The van der Waals surface area contributed by atoms with Gasteiger partial charge in [0.15, 0.2) is 0 Å². The smallest absolute Gasteiger partial charge is 0.354 e. The van der Waals surface area contributed by atoms with Gasteiger partial charge in [0, 0.05) is 25.7 Å². The standard InChI is InChI=1S/C11H13ClF3N3/c1-7-6-18(5-4-16-7)9-3-2-8(10(12)17-9)11(13,14)15/h2-3,7,16H,4-6H2,1H3/t7-/m0/s1. The molecule has 100 valence electrons. The molecule has 1 aliphatic rings. The Morgan fingerprint density at radius 2 is 2.17 bits per heavy atom. The molecule has 0 bridgehead atoms. The van der Waals surface area contributed by atoms with Crippen molar-refractivity contribution >= 4 is 17.4 Å². The fourth-order valence-corrected chi connectivity index (χ4v) is 2.21. The summed E-state index contributed by atoms with van der Waals surface area (Å²) in [6, 6.07) is 2.63. The Kier molecular flexibility index (Phi) is 3.68. The first-order chi connectivity index (χ1) is 8.38. The van der Waals surface area contributed by atoms with Crippen molar-refractivity contribution in [2.75, 3.05) is 24.5 Å².